The molecule has 0 atom stereocenters. The molecule has 4 heteroatoms. The van der Waals surface area contributed by atoms with Crippen LogP contribution in [-0.4, -0.2) is 18.2 Å². The molecular formula is C10H18N4. The molecule has 0 aliphatic rings. The van der Waals surface area contributed by atoms with Gasteiger partial charge in [-0.2, -0.15) is 0 Å². The van der Waals surface area contributed by atoms with Gasteiger partial charge in [0.25, 0.3) is 0 Å². The van der Waals surface area contributed by atoms with Crippen molar-refractivity contribution in [2.24, 2.45) is 5.84 Å². The summed E-state index contributed by atoms with van der Waals surface area (Å²) < 4.78 is 0. The molecule has 4 N–H and O–H groups in total. The van der Waals surface area contributed by atoms with Gasteiger partial charge >= 0.3 is 0 Å². The molecule has 78 valence electrons. The monoisotopic (exact) mass is 194 g/mol. The molecule has 0 saturated carbocycles. The van der Waals surface area contributed by atoms with Gasteiger partial charge in [-0.25, -0.2) is 5.43 Å². The fraction of sp³-hybridized carbons (Fsp3) is 0.500. The number of hydrazine groups is 1. The molecule has 1 heterocycles. The van der Waals surface area contributed by atoms with Crippen LogP contribution in [0.1, 0.15) is 19.5 Å². The third-order valence-corrected chi connectivity index (χ3v) is 2.15. The third-order valence-electron chi connectivity index (χ3n) is 2.15. The zero-order valence-corrected chi connectivity index (χ0v) is 8.75. The zero-order chi connectivity index (χ0) is 10.4. The van der Waals surface area contributed by atoms with Crippen LogP contribution >= 0.6 is 0 Å². The molecule has 0 aromatic carbocycles. The summed E-state index contributed by atoms with van der Waals surface area (Å²) in [5.41, 5.74) is 3.67. The van der Waals surface area contributed by atoms with Crippen molar-refractivity contribution < 1.29 is 0 Å². The van der Waals surface area contributed by atoms with E-state index in [1.165, 1.54) is 0 Å². The number of hydrogen-bond donors (Lipinski definition) is 3. The Labute approximate surface area is 84.9 Å². The van der Waals surface area contributed by atoms with E-state index in [9.17, 15) is 0 Å². The van der Waals surface area contributed by atoms with Crippen LogP contribution < -0.4 is 16.6 Å². The van der Waals surface area contributed by atoms with Gasteiger partial charge in [-0.3, -0.25) is 10.8 Å². The van der Waals surface area contributed by atoms with Crippen LogP contribution in [-0.2, 0) is 5.41 Å². The van der Waals surface area contributed by atoms with Crippen LogP contribution in [0.3, 0.4) is 0 Å². The largest absolute Gasteiger partial charge is 0.303 e. The first-order valence-corrected chi connectivity index (χ1v) is 4.72. The maximum Gasteiger partial charge on any atom is 0.0587 e. The molecule has 0 aliphatic carbocycles. The Morgan fingerprint density at radius 2 is 2.21 bits per heavy atom. The highest BCUT2D eigenvalue weighted by atomic mass is 15.3. The molecule has 1 aromatic heterocycles. The quantitative estimate of drug-likeness (QED) is 0.274. The lowest BCUT2D eigenvalue weighted by Crippen LogP contribution is -2.40. The van der Waals surface area contributed by atoms with Crippen LogP contribution in [0.2, 0.25) is 0 Å². The lowest BCUT2D eigenvalue weighted by molar-refractivity contribution is 0.445. The predicted octanol–water partition coefficient (Wildman–Crippen LogP) is 0.370. The standard InChI is InChI=1S/C10H18N4/c1-10(2,7-12-8-14-11)9-5-3-4-6-13-9/h3-6,12,14H,7-8,11H2,1-2H3. The molecule has 0 amide bonds. The number of rotatable bonds is 5. The first-order valence-electron chi connectivity index (χ1n) is 4.72. The summed E-state index contributed by atoms with van der Waals surface area (Å²) in [7, 11) is 0. The van der Waals surface area contributed by atoms with Crippen molar-refractivity contribution in [1.82, 2.24) is 15.7 Å². The minimum Gasteiger partial charge on any atom is -0.303 e. The van der Waals surface area contributed by atoms with E-state index in [1.807, 2.05) is 24.4 Å². The summed E-state index contributed by atoms with van der Waals surface area (Å²) in [5, 5.41) is 3.20. The number of aromatic nitrogens is 1. The van der Waals surface area contributed by atoms with Crippen molar-refractivity contribution in [2.75, 3.05) is 13.2 Å². The number of nitrogens with zero attached hydrogens (tertiary/aromatic N) is 1. The van der Waals surface area contributed by atoms with Crippen molar-refractivity contribution in [3.8, 4) is 0 Å². The summed E-state index contributed by atoms with van der Waals surface area (Å²) in [4.78, 5) is 4.34. The zero-order valence-electron chi connectivity index (χ0n) is 8.75. The average molecular weight is 194 g/mol. The summed E-state index contributed by atoms with van der Waals surface area (Å²) in [5.74, 6) is 5.17. The van der Waals surface area contributed by atoms with Gasteiger partial charge in [-0.15, -0.1) is 0 Å². The van der Waals surface area contributed by atoms with Crippen molar-refractivity contribution >= 4 is 0 Å². The van der Waals surface area contributed by atoms with Gasteiger partial charge in [0.05, 0.1) is 6.67 Å². The van der Waals surface area contributed by atoms with Crippen molar-refractivity contribution in [3.05, 3.63) is 30.1 Å². The van der Waals surface area contributed by atoms with E-state index in [0.29, 0.717) is 6.67 Å². The van der Waals surface area contributed by atoms with Crippen LogP contribution in [0.5, 0.6) is 0 Å². The second kappa shape index (κ2) is 5.05. The smallest absolute Gasteiger partial charge is 0.0587 e. The summed E-state index contributed by atoms with van der Waals surface area (Å²) in [6, 6.07) is 5.97. The van der Waals surface area contributed by atoms with Gasteiger partial charge in [0.1, 0.15) is 0 Å². The SMILES string of the molecule is CC(C)(CNCNN)c1ccccn1. The topological polar surface area (TPSA) is 63.0 Å². The highest BCUT2D eigenvalue weighted by Crippen LogP contribution is 2.18. The molecule has 4 nitrogen and oxygen atoms in total. The van der Waals surface area contributed by atoms with Gasteiger partial charge < -0.3 is 5.32 Å². The van der Waals surface area contributed by atoms with Crippen LogP contribution in [0.15, 0.2) is 24.4 Å². The molecule has 1 aromatic rings. The number of hydrogen-bond acceptors (Lipinski definition) is 4. The second-order valence-electron chi connectivity index (χ2n) is 3.91. The summed E-state index contributed by atoms with van der Waals surface area (Å²) in [6.45, 7) is 5.75. The lowest BCUT2D eigenvalue weighted by Gasteiger charge is -2.24. The maximum absolute atomic E-state index is 5.17. The molecule has 14 heavy (non-hydrogen) atoms. The number of pyridine rings is 1. The Kier molecular flexibility index (Phi) is 4.00. The summed E-state index contributed by atoms with van der Waals surface area (Å²) in [6.07, 6.45) is 1.82. The van der Waals surface area contributed by atoms with E-state index in [-0.39, 0.29) is 5.41 Å². The van der Waals surface area contributed by atoms with Crippen molar-refractivity contribution in [1.29, 1.82) is 0 Å². The highest BCUT2D eigenvalue weighted by molar-refractivity contribution is 5.14. The molecule has 0 bridgehead atoms. The Balaban J connectivity index is 2.56. The Hall–Kier alpha value is -0.970. The molecular weight excluding hydrogens is 176 g/mol. The molecule has 0 fully saturated rings. The fourth-order valence-corrected chi connectivity index (χ4v) is 1.30. The number of nitrogens with two attached hydrogens (primary N) is 1. The van der Waals surface area contributed by atoms with E-state index in [1.54, 1.807) is 0 Å². The van der Waals surface area contributed by atoms with E-state index in [2.05, 4.69) is 29.6 Å². The van der Waals surface area contributed by atoms with Crippen LogP contribution in [0.4, 0.5) is 0 Å². The van der Waals surface area contributed by atoms with E-state index in [4.69, 9.17) is 5.84 Å². The minimum absolute atomic E-state index is 0.0259. The van der Waals surface area contributed by atoms with Gasteiger partial charge in [0, 0.05) is 23.9 Å². The number of nitrogens with one attached hydrogen (secondary N) is 2. The van der Waals surface area contributed by atoms with Gasteiger partial charge in [-0.1, -0.05) is 19.9 Å². The van der Waals surface area contributed by atoms with Gasteiger partial charge in [-0.05, 0) is 12.1 Å². The van der Waals surface area contributed by atoms with E-state index >= 15 is 0 Å². The molecule has 0 spiro atoms. The van der Waals surface area contributed by atoms with Crippen molar-refractivity contribution in [2.45, 2.75) is 19.3 Å². The van der Waals surface area contributed by atoms with E-state index < -0.39 is 0 Å². The van der Waals surface area contributed by atoms with Crippen LogP contribution in [0, 0.1) is 0 Å². The van der Waals surface area contributed by atoms with Gasteiger partial charge in [0.15, 0.2) is 0 Å². The average Bonchev–Trinajstić information content (AvgIpc) is 2.19. The molecule has 0 aliphatic heterocycles. The molecule has 1 rings (SSSR count). The fourth-order valence-electron chi connectivity index (χ4n) is 1.30. The second-order valence-corrected chi connectivity index (χ2v) is 3.91. The Bertz CT molecular complexity index is 258. The van der Waals surface area contributed by atoms with Crippen molar-refractivity contribution in [3.63, 3.8) is 0 Å². The first-order chi connectivity index (χ1) is 6.67. The van der Waals surface area contributed by atoms with Crippen LogP contribution in [0.25, 0.3) is 0 Å². The third kappa shape index (κ3) is 3.06. The lowest BCUT2D eigenvalue weighted by atomic mass is 9.89. The molecule has 0 unspecified atom stereocenters. The van der Waals surface area contributed by atoms with Gasteiger partial charge in [0.2, 0.25) is 0 Å². The highest BCUT2D eigenvalue weighted by Gasteiger charge is 2.20. The first kappa shape index (κ1) is 11.1. The Morgan fingerprint density at radius 1 is 1.43 bits per heavy atom. The maximum atomic E-state index is 5.17. The summed E-state index contributed by atoms with van der Waals surface area (Å²) >= 11 is 0. The molecule has 0 saturated heterocycles. The predicted molar refractivity (Wildman–Crippen MR) is 57.5 cm³/mol. The molecule has 0 radical (unpaired) electrons. The van der Waals surface area contributed by atoms with E-state index in [0.717, 1.165) is 12.2 Å². The normalized spacial score (nSPS) is 11.6. The Morgan fingerprint density at radius 3 is 2.79 bits per heavy atom. The minimum atomic E-state index is 0.0259.